The van der Waals surface area contributed by atoms with E-state index < -0.39 is 0 Å². The normalized spacial score (nSPS) is 13.2. The van der Waals surface area contributed by atoms with E-state index in [1.54, 1.807) is 23.9 Å². The van der Waals surface area contributed by atoms with Crippen LogP contribution in [0, 0.1) is 0 Å². The number of rotatable bonds is 0. The molecular weight excluding hydrogens is 218 g/mol. The third kappa shape index (κ3) is 1.63. The molecule has 2 N–H and O–H groups in total. The first kappa shape index (κ1) is 9.60. The minimum Gasteiger partial charge on any atom is -0.508 e. The number of hydrogen-bond donors (Lipinski definition) is 2. The van der Waals surface area contributed by atoms with Crippen LogP contribution in [-0.2, 0) is 6.54 Å². The highest BCUT2D eigenvalue weighted by Gasteiger charge is 2.12. The van der Waals surface area contributed by atoms with Crippen LogP contribution in [0.25, 0.3) is 0 Å². The molecule has 2 aromatic rings. The third-order valence-electron chi connectivity index (χ3n) is 2.63. The summed E-state index contributed by atoms with van der Waals surface area (Å²) < 4.78 is 0. The Morgan fingerprint density at radius 1 is 1.06 bits per heavy atom. The first-order valence-corrected chi connectivity index (χ1v) is 5.97. The Morgan fingerprint density at radius 2 is 1.94 bits per heavy atom. The van der Waals surface area contributed by atoms with E-state index in [1.165, 1.54) is 10.5 Å². The molecule has 2 aromatic carbocycles. The van der Waals surface area contributed by atoms with Gasteiger partial charge < -0.3 is 10.4 Å². The van der Waals surface area contributed by atoms with Crippen LogP contribution in [0.2, 0.25) is 0 Å². The zero-order chi connectivity index (χ0) is 11.0. The molecule has 0 spiro atoms. The lowest BCUT2D eigenvalue weighted by molar-refractivity contribution is 0.474. The Bertz CT molecular complexity index is 539. The van der Waals surface area contributed by atoms with Gasteiger partial charge in [0.25, 0.3) is 0 Å². The molecule has 0 radical (unpaired) electrons. The van der Waals surface area contributed by atoms with Crippen molar-refractivity contribution in [2.45, 2.75) is 16.3 Å². The molecule has 16 heavy (non-hydrogen) atoms. The van der Waals surface area contributed by atoms with E-state index in [4.69, 9.17) is 0 Å². The number of benzene rings is 2. The average Bonchev–Trinajstić information content (AvgIpc) is 2.47. The Hall–Kier alpha value is -1.61. The van der Waals surface area contributed by atoms with Crippen LogP contribution in [0.1, 0.15) is 5.56 Å². The van der Waals surface area contributed by atoms with E-state index in [1.807, 2.05) is 12.1 Å². The zero-order valence-electron chi connectivity index (χ0n) is 8.60. The fourth-order valence-corrected chi connectivity index (χ4v) is 2.88. The Morgan fingerprint density at radius 3 is 2.88 bits per heavy atom. The van der Waals surface area contributed by atoms with E-state index in [0.29, 0.717) is 5.75 Å². The van der Waals surface area contributed by atoms with E-state index in [0.717, 1.165) is 17.1 Å². The summed E-state index contributed by atoms with van der Waals surface area (Å²) in [5.41, 5.74) is 2.38. The molecule has 80 valence electrons. The lowest BCUT2D eigenvalue weighted by atomic mass is 10.2. The fourth-order valence-electron chi connectivity index (χ4n) is 1.80. The number of fused-ring (bicyclic) bond motifs is 2. The molecule has 1 aliphatic heterocycles. The lowest BCUT2D eigenvalue weighted by Crippen LogP contribution is -1.98. The van der Waals surface area contributed by atoms with Crippen molar-refractivity contribution in [2.24, 2.45) is 0 Å². The van der Waals surface area contributed by atoms with Gasteiger partial charge in [-0.25, -0.2) is 0 Å². The maximum Gasteiger partial charge on any atom is 0.116 e. The second kappa shape index (κ2) is 3.76. The summed E-state index contributed by atoms with van der Waals surface area (Å²) in [6.45, 7) is 0.834. The Kier molecular flexibility index (Phi) is 2.26. The SMILES string of the molecule is Oc1ccc2c(c1)Sc1ccccc1CN2. The minimum absolute atomic E-state index is 0.312. The van der Waals surface area contributed by atoms with E-state index in [-0.39, 0.29) is 0 Å². The predicted octanol–water partition coefficient (Wildman–Crippen LogP) is 3.47. The van der Waals surface area contributed by atoms with Gasteiger partial charge in [-0.15, -0.1) is 0 Å². The topological polar surface area (TPSA) is 32.3 Å². The standard InChI is InChI=1S/C13H11NOS/c15-10-5-6-11-13(7-10)16-12-4-2-1-3-9(12)8-14-11/h1-7,14-15H,8H2. The quantitative estimate of drug-likeness (QED) is 0.678. The van der Waals surface area contributed by atoms with Crippen molar-refractivity contribution in [3.8, 4) is 5.75 Å². The van der Waals surface area contributed by atoms with Gasteiger partial charge in [0.15, 0.2) is 0 Å². The van der Waals surface area contributed by atoms with Crippen LogP contribution in [0.5, 0.6) is 5.75 Å². The van der Waals surface area contributed by atoms with Crippen molar-refractivity contribution in [2.75, 3.05) is 5.32 Å². The lowest BCUT2D eigenvalue weighted by Gasteiger charge is -2.06. The number of hydrogen-bond acceptors (Lipinski definition) is 3. The molecule has 0 aromatic heterocycles. The van der Waals surface area contributed by atoms with E-state index in [2.05, 4.69) is 23.5 Å². The summed E-state index contributed by atoms with van der Waals surface area (Å²) in [6, 6.07) is 13.8. The number of anilines is 1. The van der Waals surface area contributed by atoms with Gasteiger partial charge in [0.2, 0.25) is 0 Å². The van der Waals surface area contributed by atoms with Gasteiger partial charge in [0.05, 0.1) is 0 Å². The maximum absolute atomic E-state index is 9.49. The second-order valence-corrected chi connectivity index (χ2v) is 4.83. The molecule has 0 saturated carbocycles. The first-order chi connectivity index (χ1) is 7.83. The molecule has 1 aliphatic rings. The van der Waals surface area contributed by atoms with E-state index >= 15 is 0 Å². The van der Waals surface area contributed by atoms with Gasteiger partial charge in [-0.05, 0) is 29.8 Å². The number of nitrogens with one attached hydrogen (secondary N) is 1. The largest absolute Gasteiger partial charge is 0.508 e. The van der Waals surface area contributed by atoms with Crippen LogP contribution in [0.15, 0.2) is 52.3 Å². The summed E-state index contributed by atoms with van der Waals surface area (Å²) in [5, 5.41) is 12.9. The summed E-state index contributed by atoms with van der Waals surface area (Å²) in [5.74, 6) is 0.312. The summed E-state index contributed by atoms with van der Waals surface area (Å²) >= 11 is 1.69. The average molecular weight is 229 g/mol. The Labute approximate surface area is 98.3 Å². The van der Waals surface area contributed by atoms with Crippen LogP contribution in [0.3, 0.4) is 0 Å². The van der Waals surface area contributed by atoms with Crippen molar-refractivity contribution < 1.29 is 5.11 Å². The van der Waals surface area contributed by atoms with Gasteiger partial charge in [-0.3, -0.25) is 0 Å². The molecule has 0 aliphatic carbocycles. The van der Waals surface area contributed by atoms with Crippen molar-refractivity contribution >= 4 is 17.4 Å². The highest BCUT2D eigenvalue weighted by molar-refractivity contribution is 7.99. The molecule has 1 heterocycles. The summed E-state index contributed by atoms with van der Waals surface area (Å²) in [6.07, 6.45) is 0. The van der Waals surface area contributed by atoms with Crippen LogP contribution in [0.4, 0.5) is 5.69 Å². The highest BCUT2D eigenvalue weighted by atomic mass is 32.2. The number of phenols is 1. The molecule has 2 nitrogen and oxygen atoms in total. The van der Waals surface area contributed by atoms with Crippen LogP contribution < -0.4 is 5.32 Å². The van der Waals surface area contributed by atoms with Gasteiger partial charge in [0, 0.05) is 22.0 Å². The molecule has 3 heteroatoms. The van der Waals surface area contributed by atoms with Crippen LogP contribution >= 0.6 is 11.8 Å². The molecule has 0 amide bonds. The summed E-state index contributed by atoms with van der Waals surface area (Å²) in [4.78, 5) is 2.32. The molecular formula is C13H11NOS. The Balaban J connectivity index is 2.10. The van der Waals surface area contributed by atoms with Crippen molar-refractivity contribution in [3.05, 3.63) is 48.0 Å². The molecule has 0 fully saturated rings. The molecule has 0 atom stereocenters. The number of aromatic hydroxyl groups is 1. The van der Waals surface area contributed by atoms with Gasteiger partial charge in [-0.2, -0.15) is 0 Å². The molecule has 3 rings (SSSR count). The number of phenolic OH excluding ortho intramolecular Hbond substituents is 1. The van der Waals surface area contributed by atoms with Gasteiger partial charge in [0.1, 0.15) is 5.75 Å². The minimum atomic E-state index is 0.312. The monoisotopic (exact) mass is 229 g/mol. The van der Waals surface area contributed by atoms with Crippen molar-refractivity contribution in [1.82, 2.24) is 0 Å². The predicted molar refractivity (Wildman–Crippen MR) is 66.0 cm³/mol. The molecule has 0 bridgehead atoms. The van der Waals surface area contributed by atoms with Gasteiger partial charge in [-0.1, -0.05) is 30.0 Å². The van der Waals surface area contributed by atoms with Crippen molar-refractivity contribution in [1.29, 1.82) is 0 Å². The third-order valence-corrected chi connectivity index (χ3v) is 3.80. The summed E-state index contributed by atoms with van der Waals surface area (Å²) in [7, 11) is 0. The van der Waals surface area contributed by atoms with E-state index in [9.17, 15) is 5.11 Å². The zero-order valence-corrected chi connectivity index (χ0v) is 9.42. The van der Waals surface area contributed by atoms with Crippen molar-refractivity contribution in [3.63, 3.8) is 0 Å². The first-order valence-electron chi connectivity index (χ1n) is 5.15. The van der Waals surface area contributed by atoms with Gasteiger partial charge >= 0.3 is 0 Å². The molecule has 0 saturated heterocycles. The second-order valence-electron chi connectivity index (χ2n) is 3.74. The maximum atomic E-state index is 9.49. The fraction of sp³-hybridized carbons (Fsp3) is 0.0769. The van der Waals surface area contributed by atoms with Crippen LogP contribution in [-0.4, -0.2) is 5.11 Å². The molecule has 0 unspecified atom stereocenters. The smallest absolute Gasteiger partial charge is 0.116 e. The highest BCUT2D eigenvalue weighted by Crippen LogP contribution is 2.39.